The molecular formula is C22H22O. The molecule has 3 aromatic carbocycles. The molecule has 116 valence electrons. The summed E-state index contributed by atoms with van der Waals surface area (Å²) in [6, 6.07) is 26.7. The van der Waals surface area contributed by atoms with Crippen LogP contribution in [0.5, 0.6) is 5.75 Å². The molecule has 0 fully saturated rings. The number of phenolic OH excluding ortho intramolecular Hbond substituents is 1. The van der Waals surface area contributed by atoms with E-state index in [2.05, 4.69) is 49.4 Å². The van der Waals surface area contributed by atoms with Gasteiger partial charge in [-0.05, 0) is 35.2 Å². The minimum atomic E-state index is 0.336. The Morgan fingerprint density at radius 2 is 1.43 bits per heavy atom. The van der Waals surface area contributed by atoms with Crippen LogP contribution in [0.1, 0.15) is 36.8 Å². The molecule has 0 radical (unpaired) electrons. The monoisotopic (exact) mass is 302 g/mol. The van der Waals surface area contributed by atoms with Crippen molar-refractivity contribution in [2.24, 2.45) is 0 Å². The van der Waals surface area contributed by atoms with Crippen LogP contribution in [-0.2, 0) is 0 Å². The van der Waals surface area contributed by atoms with Gasteiger partial charge in [-0.3, -0.25) is 0 Å². The van der Waals surface area contributed by atoms with Crippen molar-refractivity contribution >= 4 is 0 Å². The summed E-state index contributed by atoms with van der Waals surface area (Å²) in [5.74, 6) is 0.701. The first kappa shape index (κ1) is 15.4. The number of rotatable bonds is 5. The van der Waals surface area contributed by atoms with Gasteiger partial charge in [0.2, 0.25) is 0 Å². The highest BCUT2D eigenvalue weighted by molar-refractivity contribution is 5.71. The molecule has 1 atom stereocenters. The second kappa shape index (κ2) is 7.15. The Morgan fingerprint density at radius 1 is 0.783 bits per heavy atom. The molecule has 0 aliphatic rings. The van der Waals surface area contributed by atoms with Crippen LogP contribution in [0.25, 0.3) is 11.1 Å². The largest absolute Gasteiger partial charge is 0.507 e. The van der Waals surface area contributed by atoms with Gasteiger partial charge in [0.05, 0.1) is 0 Å². The van der Waals surface area contributed by atoms with Crippen LogP contribution >= 0.6 is 0 Å². The molecule has 0 aliphatic heterocycles. The van der Waals surface area contributed by atoms with Gasteiger partial charge < -0.3 is 5.11 Å². The van der Waals surface area contributed by atoms with Crippen molar-refractivity contribution in [1.29, 1.82) is 0 Å². The third-order valence-corrected chi connectivity index (χ3v) is 4.29. The van der Waals surface area contributed by atoms with E-state index in [4.69, 9.17) is 0 Å². The first-order valence-corrected chi connectivity index (χ1v) is 8.23. The van der Waals surface area contributed by atoms with E-state index < -0.39 is 0 Å². The highest BCUT2D eigenvalue weighted by Gasteiger charge is 2.15. The van der Waals surface area contributed by atoms with Crippen molar-refractivity contribution in [3.05, 3.63) is 90.0 Å². The molecule has 0 heterocycles. The fourth-order valence-corrected chi connectivity index (χ4v) is 3.12. The zero-order valence-corrected chi connectivity index (χ0v) is 13.4. The molecule has 0 saturated carbocycles. The van der Waals surface area contributed by atoms with Crippen molar-refractivity contribution < 1.29 is 5.11 Å². The number of hydrogen-bond donors (Lipinski definition) is 1. The van der Waals surface area contributed by atoms with E-state index in [0.717, 1.165) is 24.0 Å². The molecule has 1 N–H and O–H groups in total. The van der Waals surface area contributed by atoms with E-state index in [1.807, 2.05) is 36.4 Å². The average molecular weight is 302 g/mol. The molecular weight excluding hydrogens is 280 g/mol. The molecule has 0 bridgehead atoms. The fourth-order valence-electron chi connectivity index (χ4n) is 3.12. The van der Waals surface area contributed by atoms with Gasteiger partial charge in [-0.15, -0.1) is 0 Å². The summed E-state index contributed by atoms with van der Waals surface area (Å²) in [5, 5.41) is 10.3. The van der Waals surface area contributed by atoms with Gasteiger partial charge in [0.1, 0.15) is 5.75 Å². The van der Waals surface area contributed by atoms with Gasteiger partial charge in [0, 0.05) is 11.5 Å². The van der Waals surface area contributed by atoms with Crippen LogP contribution in [-0.4, -0.2) is 5.11 Å². The number of phenols is 1. The fraction of sp³-hybridized carbons (Fsp3) is 0.182. The summed E-state index contributed by atoms with van der Waals surface area (Å²) < 4.78 is 0. The van der Waals surface area contributed by atoms with E-state index in [0.29, 0.717) is 11.7 Å². The molecule has 0 aliphatic carbocycles. The second-order valence-electron chi connectivity index (χ2n) is 5.89. The third kappa shape index (κ3) is 3.45. The maximum atomic E-state index is 10.3. The van der Waals surface area contributed by atoms with Crippen LogP contribution in [0, 0.1) is 0 Å². The minimum Gasteiger partial charge on any atom is -0.507 e. The van der Waals surface area contributed by atoms with Crippen LogP contribution in [0.15, 0.2) is 78.9 Å². The molecule has 1 heteroatoms. The maximum absolute atomic E-state index is 10.3. The zero-order valence-electron chi connectivity index (χ0n) is 13.4. The van der Waals surface area contributed by atoms with Crippen LogP contribution in [0.2, 0.25) is 0 Å². The van der Waals surface area contributed by atoms with E-state index >= 15 is 0 Å². The molecule has 1 unspecified atom stereocenters. The lowest BCUT2D eigenvalue weighted by atomic mass is 9.86. The average Bonchev–Trinajstić information content (AvgIpc) is 2.62. The quantitative estimate of drug-likeness (QED) is 0.613. The predicted octanol–water partition coefficient (Wildman–Crippen LogP) is 5.99. The second-order valence-corrected chi connectivity index (χ2v) is 5.89. The van der Waals surface area contributed by atoms with Crippen molar-refractivity contribution in [2.45, 2.75) is 25.7 Å². The minimum absolute atomic E-state index is 0.336. The van der Waals surface area contributed by atoms with Crippen molar-refractivity contribution in [1.82, 2.24) is 0 Å². The summed E-state index contributed by atoms with van der Waals surface area (Å²) in [6.45, 7) is 2.22. The Bertz CT molecular complexity index is 747. The summed E-state index contributed by atoms with van der Waals surface area (Å²) >= 11 is 0. The molecule has 1 nitrogen and oxygen atoms in total. The Hall–Kier alpha value is -2.54. The summed E-state index contributed by atoms with van der Waals surface area (Å²) in [5.41, 5.74) is 4.55. The topological polar surface area (TPSA) is 20.2 Å². The lowest BCUT2D eigenvalue weighted by Gasteiger charge is -2.19. The normalized spacial score (nSPS) is 12.0. The van der Waals surface area contributed by atoms with Crippen molar-refractivity contribution in [3.63, 3.8) is 0 Å². The molecule has 3 rings (SSSR count). The lowest BCUT2D eigenvalue weighted by Crippen LogP contribution is -2.01. The first-order chi connectivity index (χ1) is 11.3. The smallest absolute Gasteiger partial charge is 0.123 e. The third-order valence-electron chi connectivity index (χ3n) is 4.29. The molecule has 0 spiro atoms. The van der Waals surface area contributed by atoms with E-state index in [9.17, 15) is 5.11 Å². The van der Waals surface area contributed by atoms with Crippen LogP contribution < -0.4 is 0 Å². The molecule has 3 aromatic rings. The summed E-state index contributed by atoms with van der Waals surface area (Å²) in [7, 11) is 0. The maximum Gasteiger partial charge on any atom is 0.123 e. The Morgan fingerprint density at radius 3 is 2.09 bits per heavy atom. The van der Waals surface area contributed by atoms with Crippen LogP contribution in [0.3, 0.4) is 0 Å². The number of hydrogen-bond acceptors (Lipinski definition) is 1. The molecule has 0 aromatic heterocycles. The molecule has 0 amide bonds. The Kier molecular flexibility index (Phi) is 4.77. The van der Waals surface area contributed by atoms with Gasteiger partial charge in [-0.2, -0.15) is 0 Å². The first-order valence-electron chi connectivity index (χ1n) is 8.23. The van der Waals surface area contributed by atoms with E-state index in [1.54, 1.807) is 0 Å². The number of benzene rings is 3. The number of aromatic hydroxyl groups is 1. The van der Waals surface area contributed by atoms with Gasteiger partial charge in [-0.1, -0.05) is 80.1 Å². The van der Waals surface area contributed by atoms with Gasteiger partial charge >= 0.3 is 0 Å². The zero-order chi connectivity index (χ0) is 16.1. The highest BCUT2D eigenvalue weighted by Crippen LogP contribution is 2.36. The Labute approximate surface area is 138 Å². The van der Waals surface area contributed by atoms with E-state index in [1.165, 1.54) is 11.1 Å². The van der Waals surface area contributed by atoms with Crippen molar-refractivity contribution in [2.75, 3.05) is 0 Å². The highest BCUT2D eigenvalue weighted by atomic mass is 16.3. The predicted molar refractivity (Wildman–Crippen MR) is 96.7 cm³/mol. The van der Waals surface area contributed by atoms with Crippen molar-refractivity contribution in [3.8, 4) is 16.9 Å². The Balaban J connectivity index is 2.05. The standard InChI is InChI=1S/C22H22O/c1-2-9-20(17-10-5-3-6-11-17)19-14-15-22(23)21(16-19)18-12-7-4-8-13-18/h3-8,10-16,20,23H,2,9H2,1H3. The summed E-state index contributed by atoms with van der Waals surface area (Å²) in [6.07, 6.45) is 2.23. The molecule has 0 saturated heterocycles. The van der Waals surface area contributed by atoms with Gasteiger partial charge in [0.15, 0.2) is 0 Å². The van der Waals surface area contributed by atoms with Crippen LogP contribution in [0.4, 0.5) is 0 Å². The SMILES string of the molecule is CCCC(c1ccccc1)c1ccc(O)c(-c2ccccc2)c1. The lowest BCUT2D eigenvalue weighted by molar-refractivity contribution is 0.477. The van der Waals surface area contributed by atoms with E-state index in [-0.39, 0.29) is 0 Å². The summed E-state index contributed by atoms with van der Waals surface area (Å²) in [4.78, 5) is 0. The van der Waals surface area contributed by atoms with Gasteiger partial charge in [-0.25, -0.2) is 0 Å². The van der Waals surface area contributed by atoms with Gasteiger partial charge in [0.25, 0.3) is 0 Å². The molecule has 23 heavy (non-hydrogen) atoms.